The van der Waals surface area contributed by atoms with Gasteiger partial charge in [0.25, 0.3) is 0 Å². The summed E-state index contributed by atoms with van der Waals surface area (Å²) in [4.78, 5) is 2.35. The van der Waals surface area contributed by atoms with Crippen LogP contribution in [-0.4, -0.2) is 43.3 Å². The second kappa shape index (κ2) is 3.62. The summed E-state index contributed by atoms with van der Waals surface area (Å²) in [7, 11) is -1.36. The molecule has 84 valence electrons. The molecule has 0 aliphatic carbocycles. The molecule has 1 N–H and O–H groups in total. The Morgan fingerprint density at radius 1 is 1.27 bits per heavy atom. The predicted octanol–water partition coefficient (Wildman–Crippen LogP) is 1.32. The van der Waals surface area contributed by atoms with Crippen LogP contribution in [0.15, 0.2) is 0 Å². The van der Waals surface area contributed by atoms with Gasteiger partial charge >= 0.3 is 0 Å². The summed E-state index contributed by atoms with van der Waals surface area (Å²) in [6.07, 6.45) is 2.24. The quantitative estimate of drug-likeness (QED) is 0.495. The molecular formula is C12H21NOSi. The Bertz CT molecular complexity index is 304. The average Bonchev–Trinajstić information content (AvgIpc) is 2.16. The molecule has 3 saturated heterocycles. The molecule has 2 bridgehead atoms. The molecule has 3 aliphatic heterocycles. The van der Waals surface area contributed by atoms with Gasteiger partial charge in [0.05, 0.1) is 0 Å². The maximum Gasteiger partial charge on any atom is 0.140 e. The van der Waals surface area contributed by atoms with Gasteiger partial charge in [-0.25, -0.2) is 0 Å². The van der Waals surface area contributed by atoms with Crippen molar-refractivity contribution in [2.45, 2.75) is 38.1 Å². The van der Waals surface area contributed by atoms with Gasteiger partial charge in [0.15, 0.2) is 0 Å². The zero-order valence-electron chi connectivity index (χ0n) is 10.0. The monoisotopic (exact) mass is 223 g/mol. The summed E-state index contributed by atoms with van der Waals surface area (Å²) in [5.74, 6) is 3.62. The molecule has 1 unspecified atom stereocenters. The average molecular weight is 223 g/mol. The normalized spacial score (nSPS) is 39.7. The number of fused-ring (bicyclic) bond motifs is 3. The van der Waals surface area contributed by atoms with Crippen LogP contribution in [-0.2, 0) is 0 Å². The fourth-order valence-electron chi connectivity index (χ4n) is 2.48. The van der Waals surface area contributed by atoms with Crippen LogP contribution in [0, 0.1) is 17.4 Å². The molecule has 0 saturated carbocycles. The fourth-order valence-corrected chi connectivity index (χ4v) is 3.07. The van der Waals surface area contributed by atoms with Crippen molar-refractivity contribution in [1.82, 2.24) is 4.90 Å². The van der Waals surface area contributed by atoms with Crippen molar-refractivity contribution in [1.29, 1.82) is 0 Å². The number of aliphatic hydroxyl groups is 1. The topological polar surface area (TPSA) is 23.5 Å². The third-order valence-electron chi connectivity index (χ3n) is 3.38. The molecule has 0 spiro atoms. The molecule has 0 aromatic carbocycles. The summed E-state index contributed by atoms with van der Waals surface area (Å²) in [5, 5.41) is 10.5. The molecule has 15 heavy (non-hydrogen) atoms. The third kappa shape index (κ3) is 2.44. The van der Waals surface area contributed by atoms with Gasteiger partial charge in [0, 0.05) is 12.5 Å². The van der Waals surface area contributed by atoms with Gasteiger partial charge in [-0.2, -0.15) is 0 Å². The van der Waals surface area contributed by atoms with Crippen LogP contribution in [0.3, 0.4) is 0 Å². The van der Waals surface area contributed by atoms with Crippen molar-refractivity contribution < 1.29 is 5.11 Å². The lowest BCUT2D eigenvalue weighted by Gasteiger charge is -2.48. The zero-order valence-corrected chi connectivity index (χ0v) is 11.0. The van der Waals surface area contributed by atoms with Crippen LogP contribution >= 0.6 is 0 Å². The largest absolute Gasteiger partial charge is 0.376 e. The molecule has 0 aromatic heterocycles. The van der Waals surface area contributed by atoms with Gasteiger partial charge in [-0.1, -0.05) is 25.6 Å². The Kier molecular flexibility index (Phi) is 2.70. The van der Waals surface area contributed by atoms with Crippen LogP contribution < -0.4 is 0 Å². The van der Waals surface area contributed by atoms with E-state index in [1.54, 1.807) is 0 Å². The van der Waals surface area contributed by atoms with Gasteiger partial charge in [0.1, 0.15) is 13.7 Å². The second-order valence-electron chi connectivity index (χ2n) is 5.97. The molecule has 3 fully saturated rings. The first kappa shape index (κ1) is 11.2. The standard InChI is InChI=1S/C12H21NOSi/c1-15(2,3)9-6-12(14)10-13-7-4-11(12)5-8-13/h11,14H,4-5,7-8,10H2,1-3H3. The lowest BCUT2D eigenvalue weighted by atomic mass is 9.76. The van der Waals surface area contributed by atoms with E-state index in [-0.39, 0.29) is 0 Å². The Morgan fingerprint density at radius 2 is 1.87 bits per heavy atom. The van der Waals surface area contributed by atoms with Crippen LogP contribution in [0.25, 0.3) is 0 Å². The maximum atomic E-state index is 10.5. The molecule has 0 aromatic rings. The molecule has 3 aliphatic rings. The molecule has 3 heterocycles. The first-order chi connectivity index (χ1) is 6.89. The van der Waals surface area contributed by atoms with Crippen molar-refractivity contribution in [3.8, 4) is 11.5 Å². The number of hydrogen-bond donors (Lipinski definition) is 1. The molecule has 3 rings (SSSR count). The molecular weight excluding hydrogens is 202 g/mol. The number of nitrogens with zero attached hydrogens (tertiary/aromatic N) is 1. The summed E-state index contributed by atoms with van der Waals surface area (Å²) < 4.78 is 0. The van der Waals surface area contributed by atoms with E-state index in [2.05, 4.69) is 36.0 Å². The second-order valence-corrected chi connectivity index (χ2v) is 10.7. The van der Waals surface area contributed by atoms with E-state index in [0.717, 1.165) is 32.5 Å². The fraction of sp³-hybridized carbons (Fsp3) is 0.833. The minimum atomic E-state index is -1.36. The van der Waals surface area contributed by atoms with Crippen molar-refractivity contribution in [2.75, 3.05) is 19.6 Å². The highest BCUT2D eigenvalue weighted by Crippen LogP contribution is 2.35. The highest BCUT2D eigenvalue weighted by atomic mass is 28.3. The van der Waals surface area contributed by atoms with Gasteiger partial charge < -0.3 is 5.11 Å². The van der Waals surface area contributed by atoms with Gasteiger partial charge in [-0.05, 0) is 25.9 Å². The summed E-state index contributed by atoms with van der Waals surface area (Å²) in [6.45, 7) is 9.76. The van der Waals surface area contributed by atoms with Crippen molar-refractivity contribution in [3.05, 3.63) is 0 Å². The van der Waals surface area contributed by atoms with Crippen molar-refractivity contribution in [3.63, 3.8) is 0 Å². The van der Waals surface area contributed by atoms with Crippen molar-refractivity contribution in [2.24, 2.45) is 5.92 Å². The Morgan fingerprint density at radius 3 is 2.27 bits per heavy atom. The Hall–Kier alpha value is -0.303. The van der Waals surface area contributed by atoms with Crippen LogP contribution in [0.4, 0.5) is 0 Å². The van der Waals surface area contributed by atoms with Gasteiger partial charge in [-0.15, -0.1) is 5.54 Å². The number of rotatable bonds is 0. The summed E-state index contributed by atoms with van der Waals surface area (Å²) >= 11 is 0. The van der Waals surface area contributed by atoms with Crippen molar-refractivity contribution >= 4 is 8.07 Å². The Labute approximate surface area is 93.7 Å². The zero-order chi connectivity index (χ0) is 11.1. The lowest BCUT2D eigenvalue weighted by Crippen LogP contribution is -2.58. The SMILES string of the molecule is C[Si](C)(C)C#CC1(O)CN2CCC1CC2. The van der Waals surface area contributed by atoms with E-state index in [1.807, 2.05) is 0 Å². The summed E-state index contributed by atoms with van der Waals surface area (Å²) in [6, 6.07) is 0. The summed E-state index contributed by atoms with van der Waals surface area (Å²) in [5.41, 5.74) is 2.63. The van der Waals surface area contributed by atoms with E-state index in [4.69, 9.17) is 0 Å². The molecule has 0 amide bonds. The lowest BCUT2D eigenvalue weighted by molar-refractivity contribution is -0.0712. The highest BCUT2D eigenvalue weighted by molar-refractivity contribution is 6.83. The van der Waals surface area contributed by atoms with E-state index in [9.17, 15) is 5.11 Å². The molecule has 2 nitrogen and oxygen atoms in total. The molecule has 1 atom stereocenters. The van der Waals surface area contributed by atoms with Crippen LogP contribution in [0.5, 0.6) is 0 Å². The van der Waals surface area contributed by atoms with E-state index >= 15 is 0 Å². The Balaban J connectivity index is 2.16. The maximum absolute atomic E-state index is 10.5. The molecule has 0 radical (unpaired) electrons. The predicted molar refractivity (Wildman–Crippen MR) is 65.2 cm³/mol. The molecule has 3 heteroatoms. The minimum Gasteiger partial charge on any atom is -0.376 e. The first-order valence-electron chi connectivity index (χ1n) is 5.88. The van der Waals surface area contributed by atoms with Gasteiger partial charge in [0.2, 0.25) is 0 Å². The van der Waals surface area contributed by atoms with E-state index in [0.29, 0.717) is 5.92 Å². The van der Waals surface area contributed by atoms with Gasteiger partial charge in [-0.3, -0.25) is 4.90 Å². The van der Waals surface area contributed by atoms with E-state index in [1.165, 1.54) is 0 Å². The van der Waals surface area contributed by atoms with Crippen LogP contribution in [0.2, 0.25) is 19.6 Å². The minimum absolute atomic E-state index is 0.423. The smallest absolute Gasteiger partial charge is 0.140 e. The number of hydrogen-bond acceptors (Lipinski definition) is 2. The third-order valence-corrected chi connectivity index (χ3v) is 4.26. The number of piperidine rings is 3. The highest BCUT2D eigenvalue weighted by Gasteiger charge is 2.44. The van der Waals surface area contributed by atoms with E-state index < -0.39 is 13.7 Å². The van der Waals surface area contributed by atoms with Crippen LogP contribution in [0.1, 0.15) is 12.8 Å². The first-order valence-corrected chi connectivity index (χ1v) is 9.38.